The van der Waals surface area contributed by atoms with Gasteiger partial charge < -0.3 is 4.57 Å². The molecule has 6 heteroatoms. The molecular formula is C14H15N5O. The number of rotatable bonds is 5. The van der Waals surface area contributed by atoms with Crippen molar-refractivity contribution in [1.29, 1.82) is 0 Å². The summed E-state index contributed by atoms with van der Waals surface area (Å²) in [6, 6.07) is 0. The molecule has 0 radical (unpaired) electrons. The number of carbonyl (C=O) groups is 1. The lowest BCUT2D eigenvalue weighted by Gasteiger charge is -2.05. The van der Waals surface area contributed by atoms with Gasteiger partial charge in [0, 0.05) is 31.3 Å². The number of aromatic nitrogens is 5. The molecule has 102 valence electrons. The second kappa shape index (κ2) is 5.24. The predicted molar refractivity (Wildman–Crippen MR) is 73.5 cm³/mol. The predicted octanol–water partition coefficient (Wildman–Crippen LogP) is 1.76. The number of hydrogen-bond acceptors (Lipinski definition) is 4. The largest absolute Gasteiger partial charge is 0.335 e. The first-order chi connectivity index (χ1) is 9.79. The maximum Gasteiger partial charge on any atom is 0.174 e. The summed E-state index contributed by atoms with van der Waals surface area (Å²) in [5, 5.41) is 4.16. The van der Waals surface area contributed by atoms with Gasteiger partial charge in [-0.1, -0.05) is 6.92 Å². The normalized spacial score (nSPS) is 11.1. The van der Waals surface area contributed by atoms with Crippen LogP contribution in [-0.2, 0) is 13.0 Å². The van der Waals surface area contributed by atoms with Gasteiger partial charge in [-0.25, -0.2) is 9.50 Å². The molecule has 0 bridgehead atoms. The molecule has 3 aromatic rings. The first-order valence-electron chi connectivity index (χ1n) is 6.60. The number of nitrogens with zero attached hydrogens (tertiary/aromatic N) is 5. The molecule has 3 rings (SSSR count). The molecular weight excluding hydrogens is 254 g/mol. The fourth-order valence-corrected chi connectivity index (χ4v) is 2.24. The van der Waals surface area contributed by atoms with Gasteiger partial charge in [-0.2, -0.15) is 5.10 Å². The third-order valence-corrected chi connectivity index (χ3v) is 3.21. The van der Waals surface area contributed by atoms with E-state index in [2.05, 4.69) is 22.0 Å². The average molecular weight is 269 g/mol. The monoisotopic (exact) mass is 269 g/mol. The second-order valence-electron chi connectivity index (χ2n) is 4.60. The lowest BCUT2D eigenvalue weighted by atomic mass is 10.1. The van der Waals surface area contributed by atoms with Gasteiger partial charge >= 0.3 is 0 Å². The van der Waals surface area contributed by atoms with Crippen LogP contribution < -0.4 is 0 Å². The molecule has 0 saturated carbocycles. The van der Waals surface area contributed by atoms with Crippen LogP contribution in [0.25, 0.3) is 5.52 Å². The fraction of sp³-hybridized carbons (Fsp3) is 0.286. The van der Waals surface area contributed by atoms with Crippen molar-refractivity contribution >= 4 is 11.3 Å². The maximum absolute atomic E-state index is 12.4. The Hall–Kier alpha value is -2.50. The highest BCUT2D eigenvalue weighted by Gasteiger charge is 2.15. The van der Waals surface area contributed by atoms with E-state index in [9.17, 15) is 4.79 Å². The Kier molecular flexibility index (Phi) is 3.28. The molecule has 20 heavy (non-hydrogen) atoms. The summed E-state index contributed by atoms with van der Waals surface area (Å²) in [5.74, 6) is 0.802. The van der Waals surface area contributed by atoms with Crippen LogP contribution >= 0.6 is 0 Å². The van der Waals surface area contributed by atoms with Crippen molar-refractivity contribution in [1.82, 2.24) is 24.1 Å². The highest BCUT2D eigenvalue weighted by Crippen LogP contribution is 2.12. The van der Waals surface area contributed by atoms with E-state index in [4.69, 9.17) is 0 Å². The summed E-state index contributed by atoms with van der Waals surface area (Å²) in [6.45, 7) is 2.97. The highest BCUT2D eigenvalue weighted by molar-refractivity contribution is 6.02. The molecule has 0 aliphatic carbocycles. The Balaban J connectivity index is 1.87. The van der Waals surface area contributed by atoms with E-state index >= 15 is 0 Å². The number of carbonyl (C=O) groups excluding carboxylic acids is 1. The minimum absolute atomic E-state index is 0.0107. The first kappa shape index (κ1) is 12.5. The summed E-state index contributed by atoms with van der Waals surface area (Å²) < 4.78 is 3.67. The van der Waals surface area contributed by atoms with Crippen LogP contribution in [0, 0.1) is 0 Å². The number of aryl methyl sites for hydroxylation is 1. The van der Waals surface area contributed by atoms with E-state index in [1.807, 2.05) is 10.8 Å². The number of imidazole rings is 1. The molecule has 3 aromatic heterocycles. The van der Waals surface area contributed by atoms with Crippen LogP contribution in [0.2, 0.25) is 0 Å². The molecule has 0 spiro atoms. The zero-order chi connectivity index (χ0) is 13.9. The number of fused-ring (bicyclic) bond motifs is 1. The number of hydrogen-bond donors (Lipinski definition) is 0. The third-order valence-electron chi connectivity index (χ3n) is 3.21. The van der Waals surface area contributed by atoms with Crippen molar-refractivity contribution in [3.8, 4) is 0 Å². The van der Waals surface area contributed by atoms with Crippen LogP contribution in [0.1, 0.15) is 29.5 Å². The lowest BCUT2D eigenvalue weighted by Crippen LogP contribution is -2.10. The Morgan fingerprint density at radius 3 is 3.00 bits per heavy atom. The van der Waals surface area contributed by atoms with E-state index < -0.39 is 0 Å². The Labute approximate surface area is 116 Å². The van der Waals surface area contributed by atoms with Gasteiger partial charge in [0.2, 0.25) is 0 Å². The van der Waals surface area contributed by atoms with Crippen molar-refractivity contribution in [3.63, 3.8) is 0 Å². The SMILES string of the molecule is CCCn1ccnc1CC(=O)c1cnn2ccncc12. The number of ketones is 1. The fourth-order valence-electron chi connectivity index (χ4n) is 2.24. The quantitative estimate of drug-likeness (QED) is 0.662. The summed E-state index contributed by atoms with van der Waals surface area (Å²) in [7, 11) is 0. The topological polar surface area (TPSA) is 65.1 Å². The molecule has 0 unspecified atom stereocenters. The van der Waals surface area contributed by atoms with Crippen molar-refractivity contribution in [3.05, 3.63) is 48.6 Å². The minimum Gasteiger partial charge on any atom is -0.335 e. The van der Waals surface area contributed by atoms with Crippen LogP contribution in [-0.4, -0.2) is 29.9 Å². The smallest absolute Gasteiger partial charge is 0.174 e. The van der Waals surface area contributed by atoms with Crippen molar-refractivity contribution in [2.75, 3.05) is 0 Å². The zero-order valence-corrected chi connectivity index (χ0v) is 11.2. The second-order valence-corrected chi connectivity index (χ2v) is 4.60. The van der Waals surface area contributed by atoms with Gasteiger partial charge in [-0.15, -0.1) is 0 Å². The molecule has 6 nitrogen and oxygen atoms in total. The summed E-state index contributed by atoms with van der Waals surface area (Å²) in [6.07, 6.45) is 11.5. The van der Waals surface area contributed by atoms with Crippen LogP contribution in [0.15, 0.2) is 37.2 Å². The molecule has 0 fully saturated rings. The molecule has 0 aliphatic heterocycles. The van der Waals surface area contributed by atoms with E-state index in [0.29, 0.717) is 5.56 Å². The van der Waals surface area contributed by atoms with Crippen molar-refractivity contribution in [2.45, 2.75) is 26.3 Å². The Bertz CT molecular complexity index is 743. The van der Waals surface area contributed by atoms with Crippen LogP contribution in [0.4, 0.5) is 0 Å². The van der Waals surface area contributed by atoms with Crippen LogP contribution in [0.3, 0.4) is 0 Å². The number of Topliss-reactive ketones (excluding diaryl/α,β-unsaturated/α-hetero) is 1. The zero-order valence-electron chi connectivity index (χ0n) is 11.2. The van der Waals surface area contributed by atoms with E-state index in [1.54, 1.807) is 35.5 Å². The molecule has 0 N–H and O–H groups in total. The summed E-state index contributed by atoms with van der Waals surface area (Å²) in [5.41, 5.74) is 1.32. The van der Waals surface area contributed by atoms with Crippen molar-refractivity contribution in [2.24, 2.45) is 0 Å². The van der Waals surface area contributed by atoms with Crippen LogP contribution in [0.5, 0.6) is 0 Å². The minimum atomic E-state index is 0.0107. The average Bonchev–Trinajstić information content (AvgIpc) is 3.06. The van der Waals surface area contributed by atoms with E-state index in [-0.39, 0.29) is 12.2 Å². The van der Waals surface area contributed by atoms with Gasteiger partial charge in [-0.05, 0) is 6.42 Å². The van der Waals surface area contributed by atoms with Gasteiger partial charge in [0.25, 0.3) is 0 Å². The first-order valence-corrected chi connectivity index (χ1v) is 6.60. The molecule has 0 atom stereocenters. The molecule has 0 saturated heterocycles. The third kappa shape index (κ3) is 2.20. The van der Waals surface area contributed by atoms with Gasteiger partial charge in [0.05, 0.1) is 29.9 Å². The van der Waals surface area contributed by atoms with Gasteiger partial charge in [0.1, 0.15) is 5.82 Å². The molecule has 0 aromatic carbocycles. The molecule has 0 amide bonds. The Morgan fingerprint density at radius 1 is 1.25 bits per heavy atom. The summed E-state index contributed by atoms with van der Waals surface area (Å²) in [4.78, 5) is 20.7. The Morgan fingerprint density at radius 2 is 2.15 bits per heavy atom. The maximum atomic E-state index is 12.4. The van der Waals surface area contributed by atoms with Gasteiger partial charge in [0.15, 0.2) is 5.78 Å². The standard InChI is InChI=1S/C14H15N5O/c1-2-5-18-6-4-16-14(18)8-13(20)11-9-17-19-7-3-15-10-12(11)19/h3-4,6-7,9-10H,2,5,8H2,1H3. The highest BCUT2D eigenvalue weighted by atomic mass is 16.1. The van der Waals surface area contributed by atoms with Crippen molar-refractivity contribution < 1.29 is 4.79 Å². The lowest BCUT2D eigenvalue weighted by molar-refractivity contribution is 0.0991. The molecule has 0 aliphatic rings. The van der Waals surface area contributed by atoms with Gasteiger partial charge in [-0.3, -0.25) is 9.78 Å². The summed E-state index contributed by atoms with van der Waals surface area (Å²) >= 11 is 0. The molecule has 3 heterocycles. The van der Waals surface area contributed by atoms with E-state index in [1.165, 1.54) is 0 Å². The van der Waals surface area contributed by atoms with E-state index in [0.717, 1.165) is 24.3 Å².